The largest absolute Gasteiger partial charge is 0.383 e. The van der Waals surface area contributed by atoms with Crippen LogP contribution in [0.1, 0.15) is 42.4 Å². The molecule has 29 heavy (non-hydrogen) atoms. The van der Waals surface area contributed by atoms with E-state index in [1.165, 1.54) is 22.3 Å². The fourth-order valence-corrected chi connectivity index (χ4v) is 4.06. The van der Waals surface area contributed by atoms with Gasteiger partial charge in [0.15, 0.2) is 0 Å². The fourth-order valence-electron chi connectivity index (χ4n) is 4.06. The average Bonchev–Trinajstić information content (AvgIpc) is 3.17. The minimum atomic E-state index is 0.140. The van der Waals surface area contributed by atoms with Crippen LogP contribution >= 0.6 is 0 Å². The van der Waals surface area contributed by atoms with Gasteiger partial charge in [-0.15, -0.1) is 0 Å². The standard InChI is InChI=1S/C23H34N4O2/c1-17-4-5-18(2)21(14-17)23-20(15-25-26-23)16-27-11-8-19(9-12-27)6-7-22(28)24-10-13-29-3/h4-5,14-15,19H,6-13,16H2,1-3H3,(H,24,28)(H,25,26). The lowest BCUT2D eigenvalue weighted by molar-refractivity contribution is -0.121. The third-order valence-corrected chi connectivity index (χ3v) is 5.89. The van der Waals surface area contributed by atoms with Crippen LogP contribution in [-0.4, -0.2) is 54.4 Å². The van der Waals surface area contributed by atoms with Gasteiger partial charge in [-0.05, 0) is 63.7 Å². The second-order valence-electron chi connectivity index (χ2n) is 8.19. The third-order valence-electron chi connectivity index (χ3n) is 5.89. The number of amides is 1. The summed E-state index contributed by atoms with van der Waals surface area (Å²) in [6, 6.07) is 6.56. The Morgan fingerprint density at radius 2 is 2.10 bits per heavy atom. The molecule has 1 aliphatic heterocycles. The van der Waals surface area contributed by atoms with Crippen molar-refractivity contribution in [1.82, 2.24) is 20.4 Å². The van der Waals surface area contributed by atoms with Gasteiger partial charge in [-0.1, -0.05) is 17.7 Å². The van der Waals surface area contributed by atoms with Crippen molar-refractivity contribution in [3.63, 3.8) is 0 Å². The second kappa shape index (κ2) is 10.6. The molecule has 6 heteroatoms. The van der Waals surface area contributed by atoms with Crippen molar-refractivity contribution in [1.29, 1.82) is 0 Å². The van der Waals surface area contributed by atoms with E-state index in [0.29, 0.717) is 25.5 Å². The van der Waals surface area contributed by atoms with Gasteiger partial charge in [-0.3, -0.25) is 14.8 Å². The zero-order valence-corrected chi connectivity index (χ0v) is 18.0. The number of aromatic amines is 1. The number of nitrogens with one attached hydrogen (secondary N) is 2. The summed E-state index contributed by atoms with van der Waals surface area (Å²) in [6.07, 6.45) is 5.87. The number of carbonyl (C=O) groups excluding carboxylic acids is 1. The molecule has 1 amide bonds. The number of rotatable bonds is 9. The molecule has 1 fully saturated rings. The maximum absolute atomic E-state index is 11.9. The van der Waals surface area contributed by atoms with Gasteiger partial charge < -0.3 is 10.1 Å². The van der Waals surface area contributed by atoms with Crippen LogP contribution in [0, 0.1) is 19.8 Å². The van der Waals surface area contributed by atoms with Crippen molar-refractivity contribution in [2.45, 2.75) is 46.1 Å². The SMILES string of the molecule is COCCNC(=O)CCC1CCN(Cc2cn[nH]c2-c2cc(C)ccc2C)CC1. The number of aryl methyl sites for hydroxylation is 2. The minimum Gasteiger partial charge on any atom is -0.383 e. The molecule has 2 aromatic rings. The van der Waals surface area contributed by atoms with Gasteiger partial charge in [0.1, 0.15) is 0 Å². The van der Waals surface area contributed by atoms with Gasteiger partial charge in [-0.25, -0.2) is 0 Å². The molecule has 1 aromatic heterocycles. The number of aromatic nitrogens is 2. The second-order valence-corrected chi connectivity index (χ2v) is 8.19. The highest BCUT2D eigenvalue weighted by Crippen LogP contribution is 2.28. The number of nitrogens with zero attached hydrogens (tertiary/aromatic N) is 2. The van der Waals surface area contributed by atoms with Crippen molar-refractivity contribution in [2.75, 3.05) is 33.4 Å². The molecule has 0 aliphatic carbocycles. The summed E-state index contributed by atoms with van der Waals surface area (Å²) in [6.45, 7) is 8.52. The average molecular weight is 399 g/mol. The molecule has 158 valence electrons. The molecule has 0 spiro atoms. The number of likely N-dealkylation sites (tertiary alicyclic amines) is 1. The zero-order chi connectivity index (χ0) is 20.6. The van der Waals surface area contributed by atoms with Crippen LogP contribution in [0.3, 0.4) is 0 Å². The molecule has 1 saturated heterocycles. The van der Waals surface area contributed by atoms with E-state index in [1.54, 1.807) is 7.11 Å². The number of hydrogen-bond acceptors (Lipinski definition) is 4. The molecule has 2 N–H and O–H groups in total. The molecule has 6 nitrogen and oxygen atoms in total. The first-order valence-electron chi connectivity index (χ1n) is 10.6. The molecule has 1 aliphatic rings. The molecule has 0 radical (unpaired) electrons. The first-order valence-corrected chi connectivity index (χ1v) is 10.6. The Morgan fingerprint density at radius 3 is 2.86 bits per heavy atom. The highest BCUT2D eigenvalue weighted by atomic mass is 16.5. The molecule has 0 saturated carbocycles. The van der Waals surface area contributed by atoms with Crippen LogP contribution in [0.5, 0.6) is 0 Å². The Morgan fingerprint density at radius 1 is 1.31 bits per heavy atom. The van der Waals surface area contributed by atoms with Crippen molar-refractivity contribution >= 4 is 5.91 Å². The first kappa shape index (κ1) is 21.5. The molecule has 2 heterocycles. The maximum Gasteiger partial charge on any atom is 0.220 e. The van der Waals surface area contributed by atoms with Crippen molar-refractivity contribution < 1.29 is 9.53 Å². The van der Waals surface area contributed by atoms with Gasteiger partial charge in [0.2, 0.25) is 5.91 Å². The van der Waals surface area contributed by atoms with Gasteiger partial charge in [0.05, 0.1) is 18.5 Å². The maximum atomic E-state index is 11.9. The van der Waals surface area contributed by atoms with Gasteiger partial charge in [-0.2, -0.15) is 5.10 Å². The Bertz CT molecular complexity index is 794. The summed E-state index contributed by atoms with van der Waals surface area (Å²) in [4.78, 5) is 14.4. The van der Waals surface area contributed by atoms with E-state index in [1.807, 2.05) is 6.20 Å². The summed E-state index contributed by atoms with van der Waals surface area (Å²) in [7, 11) is 1.65. The summed E-state index contributed by atoms with van der Waals surface area (Å²) in [5, 5.41) is 10.4. The normalized spacial score (nSPS) is 15.6. The minimum absolute atomic E-state index is 0.140. The Hall–Kier alpha value is -2.18. The van der Waals surface area contributed by atoms with E-state index in [2.05, 4.69) is 52.5 Å². The molecular weight excluding hydrogens is 364 g/mol. The number of benzene rings is 1. The highest BCUT2D eigenvalue weighted by Gasteiger charge is 2.21. The number of carbonyl (C=O) groups is 1. The van der Waals surface area contributed by atoms with E-state index >= 15 is 0 Å². The summed E-state index contributed by atoms with van der Waals surface area (Å²) in [5.41, 5.74) is 6.17. The van der Waals surface area contributed by atoms with Crippen LogP contribution in [0.15, 0.2) is 24.4 Å². The van der Waals surface area contributed by atoms with Crippen molar-refractivity contribution in [2.24, 2.45) is 5.92 Å². The quantitative estimate of drug-likeness (QED) is 0.635. The number of ether oxygens (including phenoxy) is 1. The number of hydrogen-bond donors (Lipinski definition) is 2. The first-order chi connectivity index (χ1) is 14.1. The van der Waals surface area contributed by atoms with Gasteiger partial charge in [0.25, 0.3) is 0 Å². The summed E-state index contributed by atoms with van der Waals surface area (Å²) >= 11 is 0. The lowest BCUT2D eigenvalue weighted by Gasteiger charge is -2.31. The van der Waals surface area contributed by atoms with E-state index in [0.717, 1.165) is 44.6 Å². The van der Waals surface area contributed by atoms with E-state index < -0.39 is 0 Å². The molecular formula is C23H34N4O2. The van der Waals surface area contributed by atoms with Crippen molar-refractivity contribution in [3.8, 4) is 11.3 Å². The highest BCUT2D eigenvalue weighted by molar-refractivity contribution is 5.75. The molecule has 0 unspecified atom stereocenters. The van der Waals surface area contributed by atoms with E-state index in [9.17, 15) is 4.79 Å². The predicted octanol–water partition coefficient (Wildman–Crippen LogP) is 3.45. The van der Waals surface area contributed by atoms with Crippen LogP contribution in [-0.2, 0) is 16.1 Å². The van der Waals surface area contributed by atoms with Crippen LogP contribution in [0.25, 0.3) is 11.3 Å². The lowest BCUT2D eigenvalue weighted by Crippen LogP contribution is -2.34. The molecule has 1 aromatic carbocycles. The lowest BCUT2D eigenvalue weighted by atomic mass is 9.91. The van der Waals surface area contributed by atoms with Gasteiger partial charge in [0, 0.05) is 37.7 Å². The Kier molecular flexibility index (Phi) is 7.83. The summed E-state index contributed by atoms with van der Waals surface area (Å²) < 4.78 is 4.96. The topological polar surface area (TPSA) is 70.2 Å². The fraction of sp³-hybridized carbons (Fsp3) is 0.565. The number of methoxy groups -OCH3 is 1. The number of piperidine rings is 1. The number of H-pyrrole nitrogens is 1. The third kappa shape index (κ3) is 6.15. The Labute approximate surface area is 174 Å². The van der Waals surface area contributed by atoms with Crippen LogP contribution in [0.2, 0.25) is 0 Å². The molecule has 0 bridgehead atoms. The smallest absolute Gasteiger partial charge is 0.220 e. The Balaban J connectivity index is 1.48. The van der Waals surface area contributed by atoms with Gasteiger partial charge >= 0.3 is 0 Å². The molecule has 0 atom stereocenters. The van der Waals surface area contributed by atoms with Crippen LogP contribution in [0.4, 0.5) is 0 Å². The molecule has 3 rings (SSSR count). The zero-order valence-electron chi connectivity index (χ0n) is 18.0. The summed E-state index contributed by atoms with van der Waals surface area (Å²) in [5.74, 6) is 0.781. The van der Waals surface area contributed by atoms with E-state index in [-0.39, 0.29) is 5.91 Å². The van der Waals surface area contributed by atoms with E-state index in [4.69, 9.17) is 4.74 Å². The van der Waals surface area contributed by atoms with Crippen molar-refractivity contribution in [3.05, 3.63) is 41.1 Å². The predicted molar refractivity (Wildman–Crippen MR) is 116 cm³/mol. The van der Waals surface area contributed by atoms with Crippen LogP contribution < -0.4 is 5.32 Å². The monoisotopic (exact) mass is 398 g/mol.